The van der Waals surface area contributed by atoms with Gasteiger partial charge in [0.1, 0.15) is 18.1 Å². The number of benzene rings is 1. The van der Waals surface area contributed by atoms with Crippen LogP contribution in [-0.4, -0.2) is 41.1 Å². The topological polar surface area (TPSA) is 55.8 Å². The molecule has 5 nitrogen and oxygen atoms in total. The minimum Gasteiger partial charge on any atom is -0.460 e. The number of carbonyl (C=O) groups excluding carboxylic acids is 2. The summed E-state index contributed by atoms with van der Waals surface area (Å²) in [5.41, 5.74) is 0.282. The summed E-state index contributed by atoms with van der Waals surface area (Å²) in [6.07, 6.45) is 3.52. The van der Waals surface area contributed by atoms with E-state index in [0.717, 1.165) is 5.56 Å². The SMILES string of the molecule is CC(C)N1C[C@]23C=C[C@H](O2)[C@H](C(=O)OCc2ccccc2)[C@@H]3C1=O. The van der Waals surface area contributed by atoms with E-state index in [2.05, 4.69) is 0 Å². The number of carbonyl (C=O) groups is 2. The molecule has 0 aliphatic carbocycles. The molecule has 4 rings (SSSR count). The molecule has 24 heavy (non-hydrogen) atoms. The van der Waals surface area contributed by atoms with Crippen molar-refractivity contribution in [2.24, 2.45) is 11.8 Å². The lowest BCUT2D eigenvalue weighted by atomic mass is 9.77. The summed E-state index contributed by atoms with van der Waals surface area (Å²) in [6, 6.07) is 9.64. The maximum atomic E-state index is 12.8. The number of fused-ring (bicyclic) bond motifs is 1. The van der Waals surface area contributed by atoms with E-state index in [4.69, 9.17) is 9.47 Å². The highest BCUT2D eigenvalue weighted by atomic mass is 16.6. The molecule has 3 heterocycles. The molecule has 0 unspecified atom stereocenters. The summed E-state index contributed by atoms with van der Waals surface area (Å²) in [4.78, 5) is 27.3. The molecule has 3 aliphatic heterocycles. The largest absolute Gasteiger partial charge is 0.460 e. The molecule has 4 atom stereocenters. The van der Waals surface area contributed by atoms with E-state index in [0.29, 0.717) is 6.54 Å². The number of amides is 1. The zero-order valence-corrected chi connectivity index (χ0v) is 13.8. The first-order chi connectivity index (χ1) is 11.5. The monoisotopic (exact) mass is 327 g/mol. The van der Waals surface area contributed by atoms with Crippen LogP contribution in [0.15, 0.2) is 42.5 Å². The molecule has 1 aromatic carbocycles. The fraction of sp³-hybridized carbons (Fsp3) is 0.474. The van der Waals surface area contributed by atoms with Crippen LogP contribution in [0.5, 0.6) is 0 Å². The van der Waals surface area contributed by atoms with E-state index in [1.54, 1.807) is 4.90 Å². The quantitative estimate of drug-likeness (QED) is 0.626. The van der Waals surface area contributed by atoms with Gasteiger partial charge in [-0.2, -0.15) is 0 Å². The zero-order valence-electron chi connectivity index (χ0n) is 13.8. The molecule has 0 N–H and O–H groups in total. The lowest BCUT2D eigenvalue weighted by Crippen LogP contribution is -2.40. The summed E-state index contributed by atoms with van der Waals surface area (Å²) in [6.45, 7) is 4.70. The lowest BCUT2D eigenvalue weighted by molar-refractivity contribution is -0.155. The van der Waals surface area contributed by atoms with Gasteiger partial charge in [-0.05, 0) is 19.4 Å². The normalized spacial score (nSPS) is 33.4. The Kier molecular flexibility index (Phi) is 3.49. The van der Waals surface area contributed by atoms with Gasteiger partial charge in [-0.25, -0.2) is 0 Å². The van der Waals surface area contributed by atoms with Crippen molar-refractivity contribution in [1.82, 2.24) is 4.90 Å². The maximum Gasteiger partial charge on any atom is 0.313 e. The summed E-state index contributed by atoms with van der Waals surface area (Å²) in [7, 11) is 0. The van der Waals surface area contributed by atoms with Gasteiger partial charge >= 0.3 is 5.97 Å². The highest BCUT2D eigenvalue weighted by Gasteiger charge is 2.67. The van der Waals surface area contributed by atoms with Gasteiger partial charge in [0.05, 0.1) is 18.6 Å². The van der Waals surface area contributed by atoms with Crippen molar-refractivity contribution in [1.29, 1.82) is 0 Å². The van der Waals surface area contributed by atoms with E-state index in [1.807, 2.05) is 56.3 Å². The van der Waals surface area contributed by atoms with E-state index >= 15 is 0 Å². The second-order valence-corrected chi connectivity index (χ2v) is 7.05. The predicted octanol–water partition coefficient (Wildman–Crippen LogP) is 1.92. The van der Waals surface area contributed by atoms with Crippen molar-refractivity contribution >= 4 is 11.9 Å². The van der Waals surface area contributed by atoms with Gasteiger partial charge in [0.15, 0.2) is 0 Å². The van der Waals surface area contributed by atoms with Gasteiger partial charge in [0, 0.05) is 6.04 Å². The molecule has 126 valence electrons. The smallest absolute Gasteiger partial charge is 0.313 e. The first kappa shape index (κ1) is 15.4. The van der Waals surface area contributed by atoms with Crippen molar-refractivity contribution in [3.05, 3.63) is 48.0 Å². The molecular formula is C19H21NO4. The standard InChI is InChI=1S/C19H21NO4/c1-12(2)20-11-19-9-8-14(24-19)15(16(19)17(20)21)18(22)23-10-13-6-4-3-5-7-13/h3-9,12,14-16H,10-11H2,1-2H3/t14-,15-,16+,19-/m0/s1. The molecule has 0 aromatic heterocycles. The molecule has 1 spiro atoms. The fourth-order valence-electron chi connectivity index (χ4n) is 4.06. The van der Waals surface area contributed by atoms with E-state index in [-0.39, 0.29) is 30.6 Å². The molecule has 1 aromatic rings. The molecule has 0 saturated carbocycles. The highest BCUT2D eigenvalue weighted by Crippen LogP contribution is 2.52. The maximum absolute atomic E-state index is 12.8. The summed E-state index contributed by atoms with van der Waals surface area (Å²) in [5, 5.41) is 0. The van der Waals surface area contributed by atoms with Crippen LogP contribution >= 0.6 is 0 Å². The first-order valence-electron chi connectivity index (χ1n) is 8.40. The second-order valence-electron chi connectivity index (χ2n) is 7.05. The third-order valence-electron chi connectivity index (χ3n) is 5.25. The summed E-state index contributed by atoms with van der Waals surface area (Å²) in [5.74, 6) is -1.36. The Morgan fingerprint density at radius 1 is 1.38 bits per heavy atom. The summed E-state index contributed by atoms with van der Waals surface area (Å²) >= 11 is 0. The van der Waals surface area contributed by atoms with Crippen molar-refractivity contribution in [2.75, 3.05) is 6.54 Å². The average Bonchev–Trinajstić information content (AvgIpc) is 3.22. The van der Waals surface area contributed by atoms with Gasteiger partial charge in [-0.15, -0.1) is 0 Å². The van der Waals surface area contributed by atoms with Crippen molar-refractivity contribution in [3.63, 3.8) is 0 Å². The minimum atomic E-state index is -0.650. The van der Waals surface area contributed by atoms with Crippen LogP contribution < -0.4 is 0 Å². The Balaban J connectivity index is 1.52. The Morgan fingerprint density at radius 2 is 2.12 bits per heavy atom. The van der Waals surface area contributed by atoms with Gasteiger partial charge in [-0.3, -0.25) is 9.59 Å². The molecule has 0 radical (unpaired) electrons. The number of ether oxygens (including phenoxy) is 2. The van der Waals surface area contributed by atoms with Gasteiger partial charge in [0.2, 0.25) is 5.91 Å². The number of nitrogens with zero attached hydrogens (tertiary/aromatic N) is 1. The Hall–Kier alpha value is -2.14. The number of likely N-dealkylation sites (tertiary alicyclic amines) is 1. The Bertz CT molecular complexity index is 699. The molecule has 2 saturated heterocycles. The number of esters is 1. The van der Waals surface area contributed by atoms with E-state index in [1.165, 1.54) is 0 Å². The highest BCUT2D eigenvalue weighted by molar-refractivity contribution is 5.91. The van der Waals surface area contributed by atoms with Gasteiger partial charge in [-0.1, -0.05) is 42.5 Å². The lowest BCUT2D eigenvalue weighted by Gasteiger charge is -2.24. The number of hydrogen-bond acceptors (Lipinski definition) is 4. The van der Waals surface area contributed by atoms with Crippen LogP contribution in [0.2, 0.25) is 0 Å². The predicted molar refractivity (Wildman–Crippen MR) is 86.8 cm³/mol. The van der Waals surface area contributed by atoms with Crippen LogP contribution in [0.4, 0.5) is 0 Å². The third kappa shape index (κ3) is 2.18. The average molecular weight is 327 g/mol. The Labute approximate surface area is 141 Å². The third-order valence-corrected chi connectivity index (χ3v) is 5.25. The Morgan fingerprint density at radius 3 is 2.83 bits per heavy atom. The fourth-order valence-corrected chi connectivity index (χ4v) is 4.06. The number of rotatable bonds is 4. The second kappa shape index (κ2) is 5.45. The van der Waals surface area contributed by atoms with Crippen molar-refractivity contribution in [3.8, 4) is 0 Å². The van der Waals surface area contributed by atoms with Crippen LogP contribution in [0.1, 0.15) is 19.4 Å². The molecular weight excluding hydrogens is 306 g/mol. The van der Waals surface area contributed by atoms with Gasteiger partial charge < -0.3 is 14.4 Å². The number of hydrogen-bond donors (Lipinski definition) is 0. The molecule has 3 aliphatic rings. The zero-order chi connectivity index (χ0) is 16.9. The molecule has 2 fully saturated rings. The molecule has 2 bridgehead atoms. The minimum absolute atomic E-state index is 0.00138. The van der Waals surface area contributed by atoms with Crippen LogP contribution in [0, 0.1) is 11.8 Å². The molecule has 1 amide bonds. The van der Waals surface area contributed by atoms with E-state index < -0.39 is 17.4 Å². The van der Waals surface area contributed by atoms with Crippen molar-refractivity contribution < 1.29 is 19.1 Å². The molecule has 5 heteroatoms. The van der Waals surface area contributed by atoms with E-state index in [9.17, 15) is 9.59 Å². The van der Waals surface area contributed by atoms with Crippen LogP contribution in [-0.2, 0) is 25.7 Å². The first-order valence-corrected chi connectivity index (χ1v) is 8.40. The van der Waals surface area contributed by atoms with Crippen LogP contribution in [0.3, 0.4) is 0 Å². The van der Waals surface area contributed by atoms with Crippen LogP contribution in [0.25, 0.3) is 0 Å². The van der Waals surface area contributed by atoms with Crippen molar-refractivity contribution in [2.45, 2.75) is 38.2 Å². The van der Waals surface area contributed by atoms with Gasteiger partial charge in [0.25, 0.3) is 0 Å². The summed E-state index contributed by atoms with van der Waals surface area (Å²) < 4.78 is 11.5.